The van der Waals surface area contributed by atoms with Crippen LogP contribution in [-0.4, -0.2) is 25.7 Å². The molecular weight excluding hydrogens is 478 g/mol. The van der Waals surface area contributed by atoms with Crippen molar-refractivity contribution >= 4 is 28.6 Å². The number of aromatic nitrogens is 4. The van der Waals surface area contributed by atoms with Gasteiger partial charge in [0.15, 0.2) is 11.5 Å². The number of hydrogen-bond acceptors (Lipinski definition) is 5. The summed E-state index contributed by atoms with van der Waals surface area (Å²) in [6.45, 7) is 0. The molecule has 1 amide bonds. The van der Waals surface area contributed by atoms with Gasteiger partial charge in [-0.15, -0.1) is 21.5 Å². The summed E-state index contributed by atoms with van der Waals surface area (Å²) in [6.07, 6.45) is 0.354. The molecular formula is C30H23N5OS. The molecule has 3 aromatic carbocycles. The molecule has 37 heavy (non-hydrogen) atoms. The van der Waals surface area contributed by atoms with E-state index in [1.807, 2.05) is 90.3 Å². The number of thiophene rings is 1. The van der Waals surface area contributed by atoms with Crippen LogP contribution in [-0.2, 0) is 4.79 Å². The van der Waals surface area contributed by atoms with Crippen LogP contribution < -0.4 is 5.32 Å². The molecule has 0 fully saturated rings. The van der Waals surface area contributed by atoms with Crippen LogP contribution in [0.1, 0.15) is 23.5 Å². The normalized spacial score (nSPS) is 11.2. The van der Waals surface area contributed by atoms with Gasteiger partial charge in [0.25, 0.3) is 0 Å². The average Bonchev–Trinajstić information content (AvgIpc) is 3.63. The molecule has 0 saturated carbocycles. The SMILES string of the molecule is O=C(CC(c1ccccc1)c1ccccc1)Nc1ccc(-c2ccc3nnc(-c4cccs4)n3n2)cc1. The van der Waals surface area contributed by atoms with Crippen LogP contribution in [0.5, 0.6) is 0 Å². The number of nitrogens with one attached hydrogen (secondary N) is 1. The number of amides is 1. The Kier molecular flexibility index (Phi) is 6.27. The van der Waals surface area contributed by atoms with Crippen molar-refractivity contribution in [2.45, 2.75) is 12.3 Å². The van der Waals surface area contributed by atoms with Gasteiger partial charge in [0, 0.05) is 23.6 Å². The Bertz CT molecular complexity index is 1590. The van der Waals surface area contributed by atoms with E-state index in [0.717, 1.165) is 38.8 Å². The van der Waals surface area contributed by atoms with Gasteiger partial charge < -0.3 is 5.32 Å². The van der Waals surface area contributed by atoms with E-state index in [1.165, 1.54) is 0 Å². The molecule has 1 N–H and O–H groups in total. The number of carbonyl (C=O) groups is 1. The molecule has 0 saturated heterocycles. The summed E-state index contributed by atoms with van der Waals surface area (Å²) in [7, 11) is 0. The molecule has 7 heteroatoms. The van der Waals surface area contributed by atoms with Crippen molar-refractivity contribution in [2.24, 2.45) is 0 Å². The predicted molar refractivity (Wildman–Crippen MR) is 148 cm³/mol. The van der Waals surface area contributed by atoms with Gasteiger partial charge in [0.1, 0.15) is 0 Å². The van der Waals surface area contributed by atoms with Gasteiger partial charge in [-0.2, -0.15) is 9.61 Å². The third-order valence-corrected chi connectivity index (χ3v) is 7.13. The van der Waals surface area contributed by atoms with Crippen molar-refractivity contribution in [3.05, 3.63) is 126 Å². The van der Waals surface area contributed by atoms with E-state index in [2.05, 4.69) is 39.8 Å². The second-order valence-electron chi connectivity index (χ2n) is 8.69. The van der Waals surface area contributed by atoms with Crippen LogP contribution in [0.15, 0.2) is 115 Å². The fourth-order valence-corrected chi connectivity index (χ4v) is 5.12. The van der Waals surface area contributed by atoms with Gasteiger partial charge in [0.05, 0.1) is 10.6 Å². The number of anilines is 1. The first-order valence-electron chi connectivity index (χ1n) is 12.0. The van der Waals surface area contributed by atoms with E-state index in [4.69, 9.17) is 5.10 Å². The third-order valence-electron chi connectivity index (χ3n) is 6.26. The molecule has 3 aromatic heterocycles. The summed E-state index contributed by atoms with van der Waals surface area (Å²) in [4.78, 5) is 14.1. The van der Waals surface area contributed by atoms with Crippen molar-refractivity contribution < 1.29 is 4.79 Å². The maximum atomic E-state index is 13.1. The van der Waals surface area contributed by atoms with Gasteiger partial charge >= 0.3 is 0 Å². The van der Waals surface area contributed by atoms with Crippen molar-refractivity contribution in [2.75, 3.05) is 5.32 Å². The molecule has 0 bridgehead atoms. The van der Waals surface area contributed by atoms with E-state index >= 15 is 0 Å². The highest BCUT2D eigenvalue weighted by atomic mass is 32.1. The van der Waals surface area contributed by atoms with Crippen LogP contribution in [0.3, 0.4) is 0 Å². The number of carbonyl (C=O) groups excluding carboxylic acids is 1. The van der Waals surface area contributed by atoms with Gasteiger partial charge in [0.2, 0.25) is 5.91 Å². The predicted octanol–water partition coefficient (Wildman–Crippen LogP) is 6.68. The van der Waals surface area contributed by atoms with E-state index in [1.54, 1.807) is 15.9 Å². The minimum Gasteiger partial charge on any atom is -0.326 e. The molecule has 0 aliphatic heterocycles. The van der Waals surface area contributed by atoms with Gasteiger partial charge in [-0.05, 0) is 46.8 Å². The molecule has 0 aliphatic carbocycles. The van der Waals surface area contributed by atoms with E-state index in [-0.39, 0.29) is 11.8 Å². The highest BCUT2D eigenvalue weighted by molar-refractivity contribution is 7.13. The zero-order valence-corrected chi connectivity index (χ0v) is 20.7. The first-order valence-corrected chi connectivity index (χ1v) is 12.9. The summed E-state index contributed by atoms with van der Waals surface area (Å²) in [5.74, 6) is 0.677. The topological polar surface area (TPSA) is 72.2 Å². The molecule has 0 atom stereocenters. The molecule has 0 radical (unpaired) electrons. The van der Waals surface area contributed by atoms with Crippen LogP contribution in [0.4, 0.5) is 5.69 Å². The summed E-state index contributed by atoms with van der Waals surface area (Å²) in [5.41, 5.74) is 5.43. The number of nitrogens with zero attached hydrogens (tertiary/aromatic N) is 4. The number of benzene rings is 3. The van der Waals surface area contributed by atoms with Gasteiger partial charge in [-0.3, -0.25) is 4.79 Å². The second-order valence-corrected chi connectivity index (χ2v) is 9.64. The summed E-state index contributed by atoms with van der Waals surface area (Å²) < 4.78 is 1.77. The molecule has 0 unspecified atom stereocenters. The second kappa shape index (κ2) is 10.2. The maximum Gasteiger partial charge on any atom is 0.225 e. The molecule has 6 nitrogen and oxygen atoms in total. The number of rotatable bonds is 7. The molecule has 6 aromatic rings. The number of hydrogen-bond donors (Lipinski definition) is 1. The Morgan fingerprint density at radius 3 is 2.14 bits per heavy atom. The lowest BCUT2D eigenvalue weighted by atomic mass is 9.88. The zero-order chi connectivity index (χ0) is 25.0. The first kappa shape index (κ1) is 22.8. The minimum atomic E-state index is -0.0323. The fourth-order valence-electron chi connectivity index (χ4n) is 4.42. The lowest BCUT2D eigenvalue weighted by Gasteiger charge is -2.18. The number of fused-ring (bicyclic) bond motifs is 1. The summed E-state index contributed by atoms with van der Waals surface area (Å²) in [6, 6.07) is 35.9. The van der Waals surface area contributed by atoms with E-state index in [0.29, 0.717) is 12.1 Å². The van der Waals surface area contributed by atoms with Crippen LogP contribution in [0.2, 0.25) is 0 Å². The Morgan fingerprint density at radius 2 is 1.49 bits per heavy atom. The van der Waals surface area contributed by atoms with E-state index in [9.17, 15) is 4.79 Å². The monoisotopic (exact) mass is 501 g/mol. The van der Waals surface area contributed by atoms with Crippen LogP contribution in [0.25, 0.3) is 27.6 Å². The highest BCUT2D eigenvalue weighted by Crippen LogP contribution is 2.29. The van der Waals surface area contributed by atoms with Crippen molar-refractivity contribution in [3.63, 3.8) is 0 Å². The molecule has 0 spiro atoms. The van der Waals surface area contributed by atoms with Crippen LogP contribution in [0, 0.1) is 0 Å². The maximum absolute atomic E-state index is 13.1. The highest BCUT2D eigenvalue weighted by Gasteiger charge is 2.18. The minimum absolute atomic E-state index is 0.0149. The molecule has 0 aliphatic rings. The van der Waals surface area contributed by atoms with Gasteiger partial charge in [-0.25, -0.2) is 0 Å². The smallest absolute Gasteiger partial charge is 0.225 e. The van der Waals surface area contributed by atoms with Crippen LogP contribution >= 0.6 is 11.3 Å². The molecule has 180 valence electrons. The van der Waals surface area contributed by atoms with Gasteiger partial charge in [-0.1, -0.05) is 78.9 Å². The third kappa shape index (κ3) is 4.90. The largest absolute Gasteiger partial charge is 0.326 e. The van der Waals surface area contributed by atoms with Crippen molar-refractivity contribution in [1.29, 1.82) is 0 Å². The zero-order valence-electron chi connectivity index (χ0n) is 19.9. The quantitative estimate of drug-likeness (QED) is 0.265. The Balaban J connectivity index is 1.20. The Hall–Kier alpha value is -4.62. The first-order chi connectivity index (χ1) is 18.2. The Morgan fingerprint density at radius 1 is 0.784 bits per heavy atom. The molecule has 3 heterocycles. The lowest BCUT2D eigenvalue weighted by molar-refractivity contribution is -0.116. The molecule has 6 rings (SSSR count). The average molecular weight is 502 g/mol. The summed E-state index contributed by atoms with van der Waals surface area (Å²) >= 11 is 1.60. The summed E-state index contributed by atoms with van der Waals surface area (Å²) in [5, 5.41) is 18.4. The van der Waals surface area contributed by atoms with E-state index < -0.39 is 0 Å². The fraction of sp³-hybridized carbons (Fsp3) is 0.0667. The lowest BCUT2D eigenvalue weighted by Crippen LogP contribution is -2.16. The van der Waals surface area contributed by atoms with Crippen molar-refractivity contribution in [3.8, 4) is 22.0 Å². The standard InChI is InChI=1S/C30H23N5OS/c36-29(20-25(21-8-3-1-4-9-21)22-10-5-2-6-11-22)31-24-15-13-23(14-16-24)26-17-18-28-32-33-30(35(28)34-26)27-12-7-19-37-27/h1-19,25H,20H2,(H,31,36). The van der Waals surface area contributed by atoms with Crippen molar-refractivity contribution in [1.82, 2.24) is 19.8 Å². The Labute approximate surface area is 218 Å².